The SMILES string of the molecule is CCCCCNC(=O)[C@@H](NCc1ccc2nc(NC(=O)c3ccccc3-c3ccc(C(F)(F)F)cc3)ccc2c1)c1ccccc1. The van der Waals surface area contributed by atoms with Crippen molar-refractivity contribution in [1.29, 1.82) is 0 Å². The largest absolute Gasteiger partial charge is 0.416 e. The molecule has 0 aliphatic carbocycles. The highest BCUT2D eigenvalue weighted by molar-refractivity contribution is 6.08. The van der Waals surface area contributed by atoms with Crippen molar-refractivity contribution in [3.63, 3.8) is 0 Å². The molecular formula is C37H35F3N4O2. The maximum Gasteiger partial charge on any atom is 0.416 e. The summed E-state index contributed by atoms with van der Waals surface area (Å²) in [5.41, 5.74) is 3.09. The van der Waals surface area contributed by atoms with Gasteiger partial charge < -0.3 is 10.6 Å². The van der Waals surface area contributed by atoms with E-state index >= 15 is 0 Å². The number of nitrogens with one attached hydrogen (secondary N) is 3. The number of hydrogen-bond acceptors (Lipinski definition) is 4. The molecule has 3 N–H and O–H groups in total. The van der Waals surface area contributed by atoms with Crippen LogP contribution in [-0.2, 0) is 17.5 Å². The minimum atomic E-state index is -4.44. The van der Waals surface area contributed by atoms with Gasteiger partial charge in [-0.2, -0.15) is 13.2 Å². The number of carbonyl (C=O) groups is 2. The molecule has 0 saturated carbocycles. The highest BCUT2D eigenvalue weighted by Gasteiger charge is 2.30. The molecule has 0 radical (unpaired) electrons. The number of halogens is 3. The lowest BCUT2D eigenvalue weighted by Gasteiger charge is -2.19. The molecule has 5 aromatic rings. The summed E-state index contributed by atoms with van der Waals surface area (Å²) < 4.78 is 39.1. The Kier molecular flexibility index (Phi) is 10.4. The third kappa shape index (κ3) is 8.17. The molecule has 0 fully saturated rings. The van der Waals surface area contributed by atoms with E-state index in [2.05, 4.69) is 27.9 Å². The maximum atomic E-state index is 13.3. The van der Waals surface area contributed by atoms with Crippen LogP contribution in [0.25, 0.3) is 22.0 Å². The summed E-state index contributed by atoms with van der Waals surface area (Å²) in [5.74, 6) is -0.150. The molecule has 4 aromatic carbocycles. The van der Waals surface area contributed by atoms with E-state index in [4.69, 9.17) is 0 Å². The van der Waals surface area contributed by atoms with Gasteiger partial charge in [0.1, 0.15) is 11.9 Å². The minimum absolute atomic E-state index is 0.0648. The smallest absolute Gasteiger partial charge is 0.354 e. The summed E-state index contributed by atoms with van der Waals surface area (Å²) in [7, 11) is 0. The minimum Gasteiger partial charge on any atom is -0.354 e. The maximum absolute atomic E-state index is 13.3. The first-order valence-corrected chi connectivity index (χ1v) is 15.3. The van der Waals surface area contributed by atoms with Crippen molar-refractivity contribution >= 4 is 28.5 Å². The molecule has 0 bridgehead atoms. The van der Waals surface area contributed by atoms with Gasteiger partial charge in [0.2, 0.25) is 5.91 Å². The Morgan fingerprint density at radius 3 is 2.30 bits per heavy atom. The van der Waals surface area contributed by atoms with Crippen LogP contribution in [0.2, 0.25) is 0 Å². The quantitative estimate of drug-likeness (QED) is 0.122. The predicted octanol–water partition coefficient (Wildman–Crippen LogP) is 8.31. The van der Waals surface area contributed by atoms with Gasteiger partial charge in [-0.3, -0.25) is 14.9 Å². The summed E-state index contributed by atoms with van der Waals surface area (Å²) in [4.78, 5) is 30.9. The Hall–Kier alpha value is -5.02. The van der Waals surface area contributed by atoms with Crippen LogP contribution < -0.4 is 16.0 Å². The zero-order valence-electron chi connectivity index (χ0n) is 25.4. The molecule has 1 heterocycles. The molecule has 1 aromatic heterocycles. The Labute approximate surface area is 266 Å². The number of unbranched alkanes of at least 4 members (excludes halogenated alkanes) is 2. The van der Waals surface area contributed by atoms with E-state index < -0.39 is 23.7 Å². The molecule has 0 unspecified atom stereocenters. The number of carbonyl (C=O) groups excluding carboxylic acids is 2. The molecule has 1 atom stereocenters. The zero-order chi connectivity index (χ0) is 32.5. The van der Waals surface area contributed by atoms with Gasteiger partial charge in [-0.05, 0) is 71.1 Å². The number of pyridine rings is 1. The fourth-order valence-corrected chi connectivity index (χ4v) is 5.23. The van der Waals surface area contributed by atoms with Crippen LogP contribution >= 0.6 is 0 Å². The lowest BCUT2D eigenvalue weighted by atomic mass is 9.98. The summed E-state index contributed by atoms with van der Waals surface area (Å²) in [5, 5.41) is 10.1. The van der Waals surface area contributed by atoms with Gasteiger partial charge in [0, 0.05) is 24.0 Å². The van der Waals surface area contributed by atoms with Crippen molar-refractivity contribution < 1.29 is 22.8 Å². The van der Waals surface area contributed by atoms with Crippen LogP contribution in [0.15, 0.2) is 109 Å². The molecule has 5 rings (SSSR count). The van der Waals surface area contributed by atoms with Gasteiger partial charge in [-0.15, -0.1) is 0 Å². The number of rotatable bonds is 12. The lowest BCUT2D eigenvalue weighted by Crippen LogP contribution is -2.37. The van der Waals surface area contributed by atoms with Gasteiger partial charge in [0.15, 0.2) is 0 Å². The first-order valence-electron chi connectivity index (χ1n) is 15.3. The van der Waals surface area contributed by atoms with E-state index in [9.17, 15) is 22.8 Å². The van der Waals surface area contributed by atoms with Crippen LogP contribution in [0, 0.1) is 0 Å². The highest BCUT2D eigenvalue weighted by Crippen LogP contribution is 2.32. The number of fused-ring (bicyclic) bond motifs is 1. The van der Waals surface area contributed by atoms with Gasteiger partial charge in [-0.25, -0.2) is 4.98 Å². The number of aromatic nitrogens is 1. The monoisotopic (exact) mass is 624 g/mol. The van der Waals surface area contributed by atoms with Gasteiger partial charge in [0.05, 0.1) is 11.1 Å². The number of benzene rings is 4. The molecule has 2 amide bonds. The van der Waals surface area contributed by atoms with E-state index in [1.54, 1.807) is 30.3 Å². The summed E-state index contributed by atoms with van der Waals surface area (Å²) in [6.45, 7) is 3.22. The molecule has 0 spiro atoms. The Morgan fingerprint density at radius 2 is 1.57 bits per heavy atom. The molecule has 46 heavy (non-hydrogen) atoms. The normalized spacial score (nSPS) is 12.1. The standard InChI is InChI=1S/C37H35F3N4O2/c1-2-3-9-22-41-36(46)34(27-10-5-4-6-11-27)42-24-25-14-20-32-28(23-25)17-21-33(43-32)44-35(45)31-13-8-7-12-30(31)26-15-18-29(19-16-26)37(38,39)40/h4-8,10-21,23,34,42H,2-3,9,22,24H2,1H3,(H,41,46)(H,43,44,45)/t34-/m0/s1. The number of amides is 2. The van der Waals surface area contributed by atoms with Crippen molar-refractivity contribution in [2.45, 2.75) is 44.9 Å². The predicted molar refractivity (Wildman–Crippen MR) is 175 cm³/mol. The molecule has 0 aliphatic rings. The van der Waals surface area contributed by atoms with Crippen molar-refractivity contribution in [2.24, 2.45) is 0 Å². The van der Waals surface area contributed by atoms with E-state index in [-0.39, 0.29) is 5.91 Å². The molecule has 9 heteroatoms. The number of alkyl halides is 3. The fourth-order valence-electron chi connectivity index (χ4n) is 5.23. The lowest BCUT2D eigenvalue weighted by molar-refractivity contribution is -0.137. The van der Waals surface area contributed by atoms with Crippen LogP contribution in [-0.4, -0.2) is 23.3 Å². The van der Waals surface area contributed by atoms with Crippen LogP contribution in [0.5, 0.6) is 0 Å². The molecular weight excluding hydrogens is 589 g/mol. The highest BCUT2D eigenvalue weighted by atomic mass is 19.4. The van der Waals surface area contributed by atoms with Crippen LogP contribution in [0.4, 0.5) is 19.0 Å². The Balaban J connectivity index is 1.27. The second-order valence-corrected chi connectivity index (χ2v) is 11.0. The summed E-state index contributed by atoms with van der Waals surface area (Å²) >= 11 is 0. The third-order valence-corrected chi connectivity index (χ3v) is 7.68. The molecule has 0 saturated heterocycles. The number of nitrogens with zero attached hydrogens (tertiary/aromatic N) is 1. The van der Waals surface area contributed by atoms with Gasteiger partial charge >= 0.3 is 6.18 Å². The topological polar surface area (TPSA) is 83.1 Å². The molecule has 6 nitrogen and oxygen atoms in total. The first kappa shape index (κ1) is 32.4. The van der Waals surface area contributed by atoms with E-state index in [1.807, 2.05) is 54.6 Å². The van der Waals surface area contributed by atoms with E-state index in [0.29, 0.717) is 41.1 Å². The zero-order valence-corrected chi connectivity index (χ0v) is 25.4. The number of anilines is 1. The Bertz CT molecular complexity index is 1790. The van der Waals surface area contributed by atoms with E-state index in [1.165, 1.54) is 12.1 Å². The van der Waals surface area contributed by atoms with Gasteiger partial charge in [0.25, 0.3) is 5.91 Å². The first-order chi connectivity index (χ1) is 22.2. The van der Waals surface area contributed by atoms with E-state index in [0.717, 1.165) is 47.9 Å². The van der Waals surface area contributed by atoms with Crippen molar-refractivity contribution in [3.05, 3.63) is 131 Å². The van der Waals surface area contributed by atoms with Crippen LogP contribution in [0.3, 0.4) is 0 Å². The average Bonchev–Trinajstić information content (AvgIpc) is 3.07. The average molecular weight is 625 g/mol. The molecule has 236 valence electrons. The van der Waals surface area contributed by atoms with Crippen molar-refractivity contribution in [1.82, 2.24) is 15.6 Å². The summed E-state index contributed by atoms with van der Waals surface area (Å²) in [6, 6.07) is 29.9. The fraction of sp³-hybridized carbons (Fsp3) is 0.216. The van der Waals surface area contributed by atoms with Gasteiger partial charge in [-0.1, -0.05) is 86.5 Å². The third-order valence-electron chi connectivity index (χ3n) is 7.68. The van der Waals surface area contributed by atoms with Crippen molar-refractivity contribution in [3.8, 4) is 11.1 Å². The second-order valence-electron chi connectivity index (χ2n) is 11.0. The second kappa shape index (κ2) is 14.8. The van der Waals surface area contributed by atoms with Crippen molar-refractivity contribution in [2.75, 3.05) is 11.9 Å². The molecule has 0 aliphatic heterocycles. The summed E-state index contributed by atoms with van der Waals surface area (Å²) in [6.07, 6.45) is -1.35. The Morgan fingerprint density at radius 1 is 0.826 bits per heavy atom. The van der Waals surface area contributed by atoms with Crippen LogP contribution in [0.1, 0.15) is 59.3 Å². The number of hydrogen-bond donors (Lipinski definition) is 3.